The average molecular weight is 430 g/mol. The Morgan fingerprint density at radius 2 is 0.900 bits per heavy atom. The number of amides is 4. The van der Waals surface area contributed by atoms with Gasteiger partial charge in [-0.2, -0.15) is 0 Å². The largest absolute Gasteiger partial charge is 0.480 e. The third-order valence-electron chi connectivity index (χ3n) is 4.13. The molecule has 4 amide bonds. The molecular formula is C18H30N4O8. The van der Waals surface area contributed by atoms with Gasteiger partial charge in [-0.1, -0.05) is 25.7 Å². The van der Waals surface area contributed by atoms with Gasteiger partial charge in [0.25, 0.3) is 0 Å². The van der Waals surface area contributed by atoms with E-state index < -0.39 is 60.5 Å². The Morgan fingerprint density at radius 1 is 0.600 bits per heavy atom. The quantitative estimate of drug-likeness (QED) is 0.157. The van der Waals surface area contributed by atoms with Crippen LogP contribution in [0.1, 0.15) is 64.2 Å². The van der Waals surface area contributed by atoms with Gasteiger partial charge in [0.15, 0.2) is 0 Å². The van der Waals surface area contributed by atoms with Crippen molar-refractivity contribution < 1.29 is 39.0 Å². The highest BCUT2D eigenvalue weighted by atomic mass is 16.4. The standard InChI is InChI=1S/C18H30N4O8/c19-13(23)9-11(17(27)28)21-15(25)7-5-3-1-2-4-6-8-16(26)22-12(18(29)30)10-14(20)24/h11-12H,1-10H2,(H2,19,23)(H2,20,24)(H,21,25)(H,22,26)(H,27,28)(H,29,30)/t11-,12-/m1/s1. The number of carboxylic acid groups (broad SMARTS) is 2. The second-order valence-corrected chi connectivity index (χ2v) is 6.88. The van der Waals surface area contributed by atoms with Crippen molar-refractivity contribution >= 4 is 35.6 Å². The summed E-state index contributed by atoms with van der Waals surface area (Å²) in [7, 11) is 0. The molecule has 0 aromatic heterocycles. The van der Waals surface area contributed by atoms with Crippen LogP contribution in [0.3, 0.4) is 0 Å². The number of carboxylic acids is 2. The molecule has 0 radical (unpaired) electrons. The molecule has 0 fully saturated rings. The average Bonchev–Trinajstić information content (AvgIpc) is 2.61. The van der Waals surface area contributed by atoms with E-state index in [1.165, 1.54) is 0 Å². The first-order valence-electron chi connectivity index (χ1n) is 9.63. The van der Waals surface area contributed by atoms with Gasteiger partial charge in [-0.15, -0.1) is 0 Å². The number of rotatable bonds is 17. The van der Waals surface area contributed by atoms with Crippen LogP contribution < -0.4 is 22.1 Å². The molecule has 0 rings (SSSR count). The monoisotopic (exact) mass is 430 g/mol. The highest BCUT2D eigenvalue weighted by Gasteiger charge is 2.22. The lowest BCUT2D eigenvalue weighted by molar-refractivity contribution is -0.143. The highest BCUT2D eigenvalue weighted by Crippen LogP contribution is 2.09. The van der Waals surface area contributed by atoms with Crippen LogP contribution in [0.5, 0.6) is 0 Å². The second kappa shape index (κ2) is 14.8. The lowest BCUT2D eigenvalue weighted by Crippen LogP contribution is -2.43. The number of nitrogens with one attached hydrogen (secondary N) is 2. The van der Waals surface area contributed by atoms with E-state index in [1.54, 1.807) is 0 Å². The summed E-state index contributed by atoms with van der Waals surface area (Å²) >= 11 is 0. The molecule has 170 valence electrons. The third kappa shape index (κ3) is 13.9. The minimum atomic E-state index is -1.33. The first kappa shape index (κ1) is 26.8. The highest BCUT2D eigenvalue weighted by molar-refractivity contribution is 5.88. The zero-order valence-corrected chi connectivity index (χ0v) is 16.7. The number of aliphatic carboxylic acids is 2. The Hall–Kier alpha value is -3.18. The van der Waals surface area contributed by atoms with E-state index in [0.717, 1.165) is 25.7 Å². The Balaban J connectivity index is 3.87. The van der Waals surface area contributed by atoms with E-state index in [2.05, 4.69) is 10.6 Å². The number of hydrogen-bond donors (Lipinski definition) is 6. The molecule has 30 heavy (non-hydrogen) atoms. The van der Waals surface area contributed by atoms with Gasteiger partial charge >= 0.3 is 11.9 Å². The first-order valence-corrected chi connectivity index (χ1v) is 9.63. The number of carbonyl (C=O) groups excluding carboxylic acids is 4. The summed E-state index contributed by atoms with van der Waals surface area (Å²) in [5, 5.41) is 22.3. The minimum absolute atomic E-state index is 0.126. The van der Waals surface area contributed by atoms with Gasteiger partial charge in [0.2, 0.25) is 23.6 Å². The van der Waals surface area contributed by atoms with Crippen LogP contribution in [0.25, 0.3) is 0 Å². The zero-order valence-electron chi connectivity index (χ0n) is 16.7. The summed E-state index contributed by atoms with van der Waals surface area (Å²) in [5.74, 6) is -5.22. The molecule has 0 unspecified atom stereocenters. The van der Waals surface area contributed by atoms with E-state index in [9.17, 15) is 28.8 Å². The van der Waals surface area contributed by atoms with E-state index in [0.29, 0.717) is 12.8 Å². The molecule has 0 saturated carbocycles. The van der Waals surface area contributed by atoms with Gasteiger partial charge in [-0.05, 0) is 12.8 Å². The number of hydrogen-bond acceptors (Lipinski definition) is 6. The first-order chi connectivity index (χ1) is 14.0. The normalized spacial score (nSPS) is 12.4. The minimum Gasteiger partial charge on any atom is -0.480 e. The molecule has 0 aromatic carbocycles. The molecule has 0 spiro atoms. The van der Waals surface area contributed by atoms with Crippen molar-refractivity contribution in [2.45, 2.75) is 76.3 Å². The van der Waals surface area contributed by atoms with Crippen molar-refractivity contribution in [1.29, 1.82) is 0 Å². The fraction of sp³-hybridized carbons (Fsp3) is 0.667. The molecule has 0 aliphatic rings. The molecular weight excluding hydrogens is 400 g/mol. The van der Waals surface area contributed by atoms with Crippen molar-refractivity contribution in [2.75, 3.05) is 0 Å². The summed E-state index contributed by atoms with van der Waals surface area (Å²) in [4.78, 5) is 66.9. The van der Waals surface area contributed by atoms with Crippen molar-refractivity contribution in [3.63, 3.8) is 0 Å². The smallest absolute Gasteiger partial charge is 0.326 e. The lowest BCUT2D eigenvalue weighted by Gasteiger charge is -2.13. The van der Waals surface area contributed by atoms with Crippen LogP contribution in [0.15, 0.2) is 0 Å². The molecule has 0 bridgehead atoms. The molecule has 0 aromatic rings. The van der Waals surface area contributed by atoms with Gasteiger partial charge in [0.05, 0.1) is 12.8 Å². The maximum absolute atomic E-state index is 11.7. The summed E-state index contributed by atoms with van der Waals surface area (Å²) < 4.78 is 0. The molecule has 2 atom stereocenters. The second-order valence-electron chi connectivity index (χ2n) is 6.88. The molecule has 12 nitrogen and oxygen atoms in total. The fourth-order valence-electron chi connectivity index (χ4n) is 2.61. The maximum Gasteiger partial charge on any atom is 0.326 e. The Bertz CT molecular complexity index is 584. The van der Waals surface area contributed by atoms with Gasteiger partial charge in [0, 0.05) is 12.8 Å². The van der Waals surface area contributed by atoms with Crippen molar-refractivity contribution in [1.82, 2.24) is 10.6 Å². The van der Waals surface area contributed by atoms with E-state index in [1.807, 2.05) is 0 Å². The van der Waals surface area contributed by atoms with E-state index >= 15 is 0 Å². The van der Waals surface area contributed by atoms with Gasteiger partial charge in [-0.25, -0.2) is 9.59 Å². The zero-order chi connectivity index (χ0) is 23.1. The van der Waals surface area contributed by atoms with Crippen LogP contribution in [0.2, 0.25) is 0 Å². The Labute approximate surface area is 173 Å². The van der Waals surface area contributed by atoms with Crippen LogP contribution >= 0.6 is 0 Å². The molecule has 0 saturated heterocycles. The van der Waals surface area contributed by atoms with E-state index in [4.69, 9.17) is 21.7 Å². The van der Waals surface area contributed by atoms with Gasteiger partial charge in [-0.3, -0.25) is 19.2 Å². The topological polar surface area (TPSA) is 219 Å². The predicted octanol–water partition coefficient (Wildman–Crippen LogP) is -1.00. The number of primary amides is 2. The van der Waals surface area contributed by atoms with Crippen molar-refractivity contribution in [3.05, 3.63) is 0 Å². The van der Waals surface area contributed by atoms with Gasteiger partial charge < -0.3 is 32.3 Å². The van der Waals surface area contributed by atoms with E-state index in [-0.39, 0.29) is 12.8 Å². The maximum atomic E-state index is 11.7. The molecule has 0 aliphatic heterocycles. The number of nitrogens with two attached hydrogens (primary N) is 2. The molecule has 0 heterocycles. The van der Waals surface area contributed by atoms with Gasteiger partial charge in [0.1, 0.15) is 12.1 Å². The van der Waals surface area contributed by atoms with Crippen LogP contribution in [0, 0.1) is 0 Å². The Kier molecular flexibility index (Phi) is 13.2. The van der Waals surface area contributed by atoms with Crippen LogP contribution in [-0.4, -0.2) is 57.9 Å². The SMILES string of the molecule is NC(=O)C[C@@H](NC(=O)CCCCCCCCC(=O)N[C@H](CC(N)=O)C(=O)O)C(=O)O. The summed E-state index contributed by atoms with van der Waals surface area (Å²) in [5.41, 5.74) is 9.88. The van der Waals surface area contributed by atoms with Crippen LogP contribution in [-0.2, 0) is 28.8 Å². The van der Waals surface area contributed by atoms with Crippen molar-refractivity contribution in [2.24, 2.45) is 11.5 Å². The Morgan fingerprint density at radius 3 is 1.17 bits per heavy atom. The molecule has 0 aliphatic carbocycles. The third-order valence-corrected chi connectivity index (χ3v) is 4.13. The van der Waals surface area contributed by atoms with Crippen LogP contribution in [0.4, 0.5) is 0 Å². The number of unbranched alkanes of at least 4 members (excludes halogenated alkanes) is 5. The lowest BCUT2D eigenvalue weighted by atomic mass is 10.1. The van der Waals surface area contributed by atoms with Crippen molar-refractivity contribution in [3.8, 4) is 0 Å². The fourth-order valence-corrected chi connectivity index (χ4v) is 2.61. The number of carbonyl (C=O) groups is 6. The predicted molar refractivity (Wildman–Crippen MR) is 104 cm³/mol. The summed E-state index contributed by atoms with van der Waals surface area (Å²) in [6.45, 7) is 0. The summed E-state index contributed by atoms with van der Waals surface area (Å²) in [6, 6.07) is -2.66. The molecule has 12 heteroatoms. The molecule has 8 N–H and O–H groups in total. The summed E-state index contributed by atoms with van der Waals surface area (Å²) in [6.07, 6.45) is 3.47.